The third kappa shape index (κ3) is 6.33. The summed E-state index contributed by atoms with van der Waals surface area (Å²) in [4.78, 5) is 59.0. The Balaban J connectivity index is 1.90. The molecule has 0 radical (unpaired) electrons. The molecule has 2 aliphatic rings. The van der Waals surface area contributed by atoms with E-state index in [-0.39, 0.29) is 17.6 Å². The molecule has 41 heavy (non-hydrogen) atoms. The zero-order valence-corrected chi connectivity index (χ0v) is 26.6. The summed E-state index contributed by atoms with van der Waals surface area (Å²) < 4.78 is 0. The van der Waals surface area contributed by atoms with Crippen LogP contribution in [0.25, 0.3) is 11.4 Å². The lowest BCUT2D eigenvalue weighted by Gasteiger charge is -2.29. The molecule has 0 saturated carbocycles. The van der Waals surface area contributed by atoms with Crippen molar-refractivity contribution in [2.24, 2.45) is 11.8 Å². The van der Waals surface area contributed by atoms with Gasteiger partial charge in [-0.2, -0.15) is 0 Å². The molecule has 2 unspecified atom stereocenters. The number of fused-ring (bicyclic) bond motifs is 1. The van der Waals surface area contributed by atoms with Crippen molar-refractivity contribution in [2.75, 3.05) is 13.1 Å². The van der Waals surface area contributed by atoms with E-state index in [0.717, 1.165) is 67.4 Å². The average Bonchev–Trinajstić information content (AvgIpc) is 3.75. The predicted octanol–water partition coefficient (Wildman–Crippen LogP) is 8.06. The highest BCUT2D eigenvalue weighted by Crippen LogP contribution is 2.49. The third-order valence-electron chi connectivity index (χ3n) is 8.31. The molecule has 4 heterocycles. The van der Waals surface area contributed by atoms with Crippen molar-refractivity contribution in [3.05, 3.63) is 54.9 Å². The number of aldehydes is 1. The van der Waals surface area contributed by atoms with Crippen LogP contribution in [0.3, 0.4) is 0 Å². The van der Waals surface area contributed by atoms with Gasteiger partial charge in [-0.3, -0.25) is 19.2 Å². The lowest BCUT2D eigenvalue weighted by atomic mass is 9.98. The van der Waals surface area contributed by atoms with Gasteiger partial charge < -0.3 is 9.80 Å². The van der Waals surface area contributed by atoms with E-state index < -0.39 is 0 Å². The van der Waals surface area contributed by atoms with Gasteiger partial charge in [0.2, 0.25) is 0 Å². The molecule has 2 amide bonds. The normalized spacial score (nSPS) is 16.7. The Morgan fingerprint density at radius 2 is 1.27 bits per heavy atom. The topological polar surface area (TPSA) is 74.8 Å². The summed E-state index contributed by atoms with van der Waals surface area (Å²) in [6.45, 7) is 11.2. The maximum Gasteiger partial charge on any atom is 0.261 e. The second-order valence-electron chi connectivity index (χ2n) is 11.2. The summed E-state index contributed by atoms with van der Waals surface area (Å²) in [5, 5.41) is 0. The summed E-state index contributed by atoms with van der Waals surface area (Å²) in [6.07, 6.45) is 9.05. The molecule has 0 saturated heterocycles. The quantitative estimate of drug-likeness (QED) is 0.146. The summed E-state index contributed by atoms with van der Waals surface area (Å²) >= 11 is 2.66. The smallest absolute Gasteiger partial charge is 0.261 e. The number of thiophene rings is 2. The number of amides is 2. The average molecular weight is 595 g/mol. The van der Waals surface area contributed by atoms with Crippen molar-refractivity contribution in [3.8, 4) is 0 Å². The van der Waals surface area contributed by atoms with E-state index in [0.29, 0.717) is 57.2 Å². The molecule has 0 bridgehead atoms. The molecular formula is C33H42N2O4S2. The van der Waals surface area contributed by atoms with E-state index in [1.807, 2.05) is 17.0 Å². The van der Waals surface area contributed by atoms with E-state index in [9.17, 15) is 19.2 Å². The monoisotopic (exact) mass is 594 g/mol. The van der Waals surface area contributed by atoms with Gasteiger partial charge in [-0.15, -0.1) is 22.7 Å². The first-order valence-electron chi connectivity index (χ1n) is 15.1. The van der Waals surface area contributed by atoms with Crippen LogP contribution >= 0.6 is 22.7 Å². The summed E-state index contributed by atoms with van der Waals surface area (Å²) in [5.41, 5.74) is 2.15. The Bertz CT molecular complexity index is 1360. The zero-order valence-electron chi connectivity index (χ0n) is 25.0. The number of ketones is 1. The first-order chi connectivity index (χ1) is 19.8. The molecule has 2 aromatic rings. The minimum atomic E-state index is -0.156. The van der Waals surface area contributed by atoms with Crippen LogP contribution in [0.1, 0.15) is 115 Å². The van der Waals surface area contributed by atoms with E-state index >= 15 is 0 Å². The van der Waals surface area contributed by atoms with Crippen LogP contribution in [0.4, 0.5) is 0 Å². The molecule has 6 nitrogen and oxygen atoms in total. The lowest BCUT2D eigenvalue weighted by molar-refractivity contribution is -0.124. The Morgan fingerprint density at radius 1 is 0.780 bits per heavy atom. The third-order valence-corrected chi connectivity index (χ3v) is 10.5. The standard InChI is InChI=1S/C33H42N2O4S2/c1-6-10-12-22(8-3)18-34-30(26-15-14-24(20-36)40-26)28-29(33(34)39)31(27-17-16-25(41-27)21(5)37)35(32(28)38)19-23(9-4)13-11-7-2/h14-17,20,22-23H,6-13,18-19H2,1-5H3. The number of Topliss-reactive ketones (excluding diaryl/α,β-unsaturated/α-hetero) is 1. The largest absolute Gasteiger partial charge is 0.306 e. The van der Waals surface area contributed by atoms with Crippen LogP contribution in [0.2, 0.25) is 0 Å². The van der Waals surface area contributed by atoms with Crippen LogP contribution in [-0.4, -0.2) is 46.8 Å². The second kappa shape index (κ2) is 13.9. The van der Waals surface area contributed by atoms with Crippen LogP contribution in [0.15, 0.2) is 35.4 Å². The van der Waals surface area contributed by atoms with Crippen molar-refractivity contribution in [2.45, 2.75) is 86.0 Å². The zero-order chi connectivity index (χ0) is 29.7. The number of carbonyl (C=O) groups excluding carboxylic acids is 4. The summed E-state index contributed by atoms with van der Waals surface area (Å²) in [7, 11) is 0. The fourth-order valence-electron chi connectivity index (χ4n) is 5.81. The highest BCUT2D eigenvalue weighted by atomic mass is 32.1. The molecule has 2 atom stereocenters. The molecule has 0 aliphatic carbocycles. The van der Waals surface area contributed by atoms with Gasteiger partial charge in [0.15, 0.2) is 12.1 Å². The molecule has 220 valence electrons. The summed E-state index contributed by atoms with van der Waals surface area (Å²) in [5.74, 6) is 0.262. The maximum absolute atomic E-state index is 14.4. The van der Waals surface area contributed by atoms with Gasteiger partial charge in [0, 0.05) is 13.1 Å². The van der Waals surface area contributed by atoms with Crippen molar-refractivity contribution >= 4 is 58.0 Å². The van der Waals surface area contributed by atoms with Gasteiger partial charge in [0.05, 0.1) is 42.0 Å². The number of unbranched alkanes of at least 4 members (excludes halogenated alkanes) is 2. The van der Waals surface area contributed by atoms with Crippen LogP contribution in [-0.2, 0) is 9.59 Å². The Kier molecular flexibility index (Phi) is 10.5. The van der Waals surface area contributed by atoms with Crippen molar-refractivity contribution in [3.63, 3.8) is 0 Å². The number of rotatable bonds is 16. The predicted molar refractivity (Wildman–Crippen MR) is 168 cm³/mol. The highest BCUT2D eigenvalue weighted by molar-refractivity contribution is 7.15. The van der Waals surface area contributed by atoms with Gasteiger partial charge >= 0.3 is 0 Å². The highest BCUT2D eigenvalue weighted by Gasteiger charge is 2.50. The minimum absolute atomic E-state index is 0.0328. The van der Waals surface area contributed by atoms with E-state index in [1.54, 1.807) is 17.0 Å². The first-order valence-corrected chi connectivity index (χ1v) is 16.7. The van der Waals surface area contributed by atoms with Gasteiger partial charge in [-0.1, -0.05) is 66.2 Å². The van der Waals surface area contributed by atoms with Gasteiger partial charge in [-0.05, 0) is 55.9 Å². The number of hydrogen-bond donors (Lipinski definition) is 0. The fourth-order valence-corrected chi connectivity index (χ4v) is 7.65. The Labute approximate surface area is 252 Å². The SMILES string of the molecule is CCCCC(CC)CN1C(=O)C2=C(c3ccc(C(C)=O)s3)N(CC(CC)CCCC)C(=O)C2=C1c1ccc(C=O)s1. The lowest BCUT2D eigenvalue weighted by Crippen LogP contribution is -2.34. The molecule has 0 spiro atoms. The summed E-state index contributed by atoms with van der Waals surface area (Å²) in [6, 6.07) is 7.28. The van der Waals surface area contributed by atoms with Gasteiger partial charge in [-0.25, -0.2) is 0 Å². The molecular weight excluding hydrogens is 553 g/mol. The van der Waals surface area contributed by atoms with E-state index in [2.05, 4.69) is 27.7 Å². The van der Waals surface area contributed by atoms with Crippen LogP contribution in [0.5, 0.6) is 0 Å². The first kappa shape index (κ1) is 31.1. The maximum atomic E-state index is 14.4. The number of nitrogens with zero attached hydrogens (tertiary/aromatic N) is 2. The molecule has 0 aromatic carbocycles. The number of carbonyl (C=O) groups is 4. The van der Waals surface area contributed by atoms with E-state index in [4.69, 9.17) is 0 Å². The van der Waals surface area contributed by atoms with Crippen molar-refractivity contribution in [1.82, 2.24) is 9.80 Å². The van der Waals surface area contributed by atoms with Crippen molar-refractivity contribution < 1.29 is 19.2 Å². The van der Waals surface area contributed by atoms with Crippen LogP contribution < -0.4 is 0 Å². The molecule has 0 N–H and O–H groups in total. The molecule has 4 rings (SSSR count). The second-order valence-corrected chi connectivity index (χ2v) is 13.4. The Morgan fingerprint density at radius 3 is 1.66 bits per heavy atom. The minimum Gasteiger partial charge on any atom is -0.306 e. The van der Waals surface area contributed by atoms with E-state index in [1.165, 1.54) is 29.6 Å². The molecule has 0 fully saturated rings. The van der Waals surface area contributed by atoms with Crippen LogP contribution in [0, 0.1) is 11.8 Å². The molecule has 2 aliphatic heterocycles. The Hall–Kier alpha value is -2.84. The van der Waals surface area contributed by atoms with Gasteiger partial charge in [0.25, 0.3) is 11.8 Å². The molecule has 8 heteroatoms. The molecule has 2 aromatic heterocycles. The van der Waals surface area contributed by atoms with Gasteiger partial charge in [0.1, 0.15) is 0 Å². The fraction of sp³-hybridized carbons (Fsp3) is 0.515. The number of hydrogen-bond acceptors (Lipinski definition) is 6. The van der Waals surface area contributed by atoms with Crippen molar-refractivity contribution in [1.29, 1.82) is 0 Å².